The molecule has 0 saturated heterocycles. The zero-order chi connectivity index (χ0) is 9.80. The highest BCUT2D eigenvalue weighted by atomic mass is 14.2. The van der Waals surface area contributed by atoms with E-state index < -0.39 is 0 Å². The number of rotatable bonds is 2. The molecule has 1 unspecified atom stereocenters. The summed E-state index contributed by atoms with van der Waals surface area (Å²) in [5.74, 6) is 0.770. The number of hydrogen-bond donors (Lipinski definition) is 0. The smallest absolute Gasteiger partial charge is 0.0124 e. The van der Waals surface area contributed by atoms with Gasteiger partial charge in [0.05, 0.1) is 0 Å². The second kappa shape index (κ2) is 4.45. The van der Waals surface area contributed by atoms with E-state index in [1.807, 2.05) is 0 Å². The predicted molar refractivity (Wildman–Crippen MR) is 61.4 cm³/mol. The van der Waals surface area contributed by atoms with E-state index in [4.69, 9.17) is 0 Å². The molecular weight excluding hydrogens is 168 g/mol. The molecule has 2 rings (SSSR count). The van der Waals surface area contributed by atoms with Gasteiger partial charge < -0.3 is 0 Å². The molecule has 0 aliphatic heterocycles. The molecule has 14 heavy (non-hydrogen) atoms. The van der Waals surface area contributed by atoms with Gasteiger partial charge in [-0.3, -0.25) is 0 Å². The highest BCUT2D eigenvalue weighted by Gasteiger charge is 2.14. The quantitative estimate of drug-likeness (QED) is 0.604. The van der Waals surface area contributed by atoms with E-state index in [1.165, 1.54) is 31.2 Å². The van der Waals surface area contributed by atoms with Gasteiger partial charge in [-0.05, 0) is 37.2 Å². The summed E-state index contributed by atoms with van der Waals surface area (Å²) >= 11 is 0. The summed E-state index contributed by atoms with van der Waals surface area (Å²) in [5.41, 5.74) is 3.16. The van der Waals surface area contributed by atoms with Crippen LogP contribution in [0, 0.1) is 0 Å². The maximum atomic E-state index is 2.45. The molecule has 0 heteroatoms. The monoisotopic (exact) mass is 186 g/mol. The molecule has 1 aliphatic carbocycles. The fraction of sp³-hybridized carbons (Fsp3) is 0.429. The van der Waals surface area contributed by atoms with Gasteiger partial charge in [0, 0.05) is 0 Å². The molecule has 0 saturated carbocycles. The van der Waals surface area contributed by atoms with Crippen LogP contribution in [0.4, 0.5) is 0 Å². The van der Waals surface area contributed by atoms with Crippen LogP contribution < -0.4 is 0 Å². The fourth-order valence-electron chi connectivity index (χ4n) is 2.24. The average Bonchev–Trinajstić information content (AvgIpc) is 2.30. The first kappa shape index (κ1) is 9.51. The molecule has 0 heterocycles. The Hall–Kier alpha value is -1.04. The zero-order valence-corrected chi connectivity index (χ0v) is 8.87. The summed E-state index contributed by atoms with van der Waals surface area (Å²) in [6.07, 6.45) is 7.57. The summed E-state index contributed by atoms with van der Waals surface area (Å²) < 4.78 is 0. The molecule has 1 aliphatic rings. The second-order valence-corrected chi connectivity index (χ2v) is 4.10. The molecule has 1 aromatic rings. The van der Waals surface area contributed by atoms with E-state index in [-0.39, 0.29) is 0 Å². The average molecular weight is 186 g/mol. The van der Waals surface area contributed by atoms with Crippen molar-refractivity contribution >= 4 is 0 Å². The van der Waals surface area contributed by atoms with Crippen LogP contribution in [-0.4, -0.2) is 0 Å². The van der Waals surface area contributed by atoms with Gasteiger partial charge in [0.2, 0.25) is 0 Å². The van der Waals surface area contributed by atoms with Gasteiger partial charge in [0.15, 0.2) is 0 Å². The van der Waals surface area contributed by atoms with Crippen molar-refractivity contribution in [1.29, 1.82) is 0 Å². The Labute approximate surface area is 86.7 Å². The van der Waals surface area contributed by atoms with Crippen molar-refractivity contribution in [2.45, 2.75) is 38.5 Å². The summed E-state index contributed by atoms with van der Waals surface area (Å²) in [6.45, 7) is 2.26. The van der Waals surface area contributed by atoms with Gasteiger partial charge in [-0.15, -0.1) is 0 Å². The van der Waals surface area contributed by atoms with Gasteiger partial charge in [-0.2, -0.15) is 0 Å². The molecule has 0 bridgehead atoms. The minimum absolute atomic E-state index is 0.770. The Morgan fingerprint density at radius 3 is 2.57 bits per heavy atom. The maximum Gasteiger partial charge on any atom is -0.0124 e. The number of allylic oxidation sites excluding steroid dienone is 2. The highest BCUT2D eigenvalue weighted by Crippen LogP contribution is 2.32. The van der Waals surface area contributed by atoms with Crippen LogP contribution >= 0.6 is 0 Å². The van der Waals surface area contributed by atoms with Crippen LogP contribution in [0.15, 0.2) is 42.0 Å². The second-order valence-electron chi connectivity index (χ2n) is 4.10. The molecule has 0 radical (unpaired) electrons. The van der Waals surface area contributed by atoms with Crippen LogP contribution in [0.3, 0.4) is 0 Å². The molecule has 0 amide bonds. The fourth-order valence-corrected chi connectivity index (χ4v) is 2.24. The minimum atomic E-state index is 0.770. The third-order valence-corrected chi connectivity index (χ3v) is 3.23. The molecule has 1 aromatic carbocycles. The molecule has 74 valence electrons. The van der Waals surface area contributed by atoms with Crippen LogP contribution in [0.1, 0.15) is 44.1 Å². The van der Waals surface area contributed by atoms with Gasteiger partial charge >= 0.3 is 0 Å². The van der Waals surface area contributed by atoms with Crippen LogP contribution in [0.5, 0.6) is 0 Å². The third kappa shape index (κ3) is 2.06. The van der Waals surface area contributed by atoms with Gasteiger partial charge in [0.1, 0.15) is 0 Å². The van der Waals surface area contributed by atoms with Crippen LogP contribution in [0.2, 0.25) is 0 Å². The molecule has 0 N–H and O–H groups in total. The first-order chi connectivity index (χ1) is 6.90. The van der Waals surface area contributed by atoms with Crippen molar-refractivity contribution in [1.82, 2.24) is 0 Å². The largest absolute Gasteiger partial charge is 0.0847 e. The van der Waals surface area contributed by atoms with E-state index in [0.29, 0.717) is 0 Å². The Bertz CT molecular complexity index is 308. The molecule has 0 fully saturated rings. The lowest BCUT2D eigenvalue weighted by Gasteiger charge is -2.21. The Morgan fingerprint density at radius 1 is 1.21 bits per heavy atom. The Morgan fingerprint density at radius 2 is 2.00 bits per heavy atom. The van der Waals surface area contributed by atoms with Crippen molar-refractivity contribution in [2.75, 3.05) is 0 Å². The van der Waals surface area contributed by atoms with Crippen molar-refractivity contribution in [3.05, 3.63) is 47.5 Å². The lowest BCUT2D eigenvalue weighted by atomic mass is 9.84. The van der Waals surface area contributed by atoms with E-state index in [1.54, 1.807) is 5.57 Å². The van der Waals surface area contributed by atoms with Gasteiger partial charge in [-0.1, -0.05) is 48.9 Å². The first-order valence-electron chi connectivity index (χ1n) is 5.63. The Kier molecular flexibility index (Phi) is 3.03. The number of hydrogen-bond acceptors (Lipinski definition) is 0. The molecule has 1 atom stereocenters. The summed E-state index contributed by atoms with van der Waals surface area (Å²) in [7, 11) is 0. The van der Waals surface area contributed by atoms with E-state index in [0.717, 1.165) is 5.92 Å². The van der Waals surface area contributed by atoms with E-state index >= 15 is 0 Å². The predicted octanol–water partition coefficient (Wildman–Crippen LogP) is 4.29. The molecule has 0 aromatic heterocycles. The summed E-state index contributed by atoms with van der Waals surface area (Å²) in [5, 5.41) is 0. The maximum absolute atomic E-state index is 2.45. The molecule has 0 spiro atoms. The van der Waals surface area contributed by atoms with Crippen LogP contribution in [0.25, 0.3) is 0 Å². The summed E-state index contributed by atoms with van der Waals surface area (Å²) in [4.78, 5) is 0. The minimum Gasteiger partial charge on any atom is -0.0847 e. The van der Waals surface area contributed by atoms with Gasteiger partial charge in [0.25, 0.3) is 0 Å². The molecular formula is C14H18. The van der Waals surface area contributed by atoms with E-state index in [2.05, 4.69) is 43.3 Å². The number of benzene rings is 1. The summed E-state index contributed by atoms with van der Waals surface area (Å²) in [6, 6.07) is 10.9. The van der Waals surface area contributed by atoms with Gasteiger partial charge in [-0.25, -0.2) is 0 Å². The SMILES string of the molecule is CCC1=CCC(c2ccccc2)CC1. The van der Waals surface area contributed by atoms with Crippen molar-refractivity contribution in [3.63, 3.8) is 0 Å². The Balaban J connectivity index is 2.06. The molecule has 0 nitrogen and oxygen atoms in total. The lowest BCUT2D eigenvalue weighted by Crippen LogP contribution is -2.03. The third-order valence-electron chi connectivity index (χ3n) is 3.23. The van der Waals surface area contributed by atoms with Crippen molar-refractivity contribution in [2.24, 2.45) is 0 Å². The zero-order valence-electron chi connectivity index (χ0n) is 8.87. The van der Waals surface area contributed by atoms with Crippen molar-refractivity contribution < 1.29 is 0 Å². The van der Waals surface area contributed by atoms with Crippen molar-refractivity contribution in [3.8, 4) is 0 Å². The van der Waals surface area contributed by atoms with E-state index in [9.17, 15) is 0 Å². The highest BCUT2D eigenvalue weighted by molar-refractivity contribution is 5.23. The normalized spacial score (nSPS) is 21.8. The lowest BCUT2D eigenvalue weighted by molar-refractivity contribution is 0.590. The van der Waals surface area contributed by atoms with Crippen LogP contribution in [-0.2, 0) is 0 Å². The first-order valence-corrected chi connectivity index (χ1v) is 5.63. The topological polar surface area (TPSA) is 0 Å². The standard InChI is InChI=1S/C14H18/c1-2-12-8-10-14(11-9-12)13-6-4-3-5-7-13/h3-8,14H,2,9-11H2,1H3.